The van der Waals surface area contributed by atoms with E-state index in [4.69, 9.17) is 16.0 Å². The fourth-order valence-corrected chi connectivity index (χ4v) is 2.85. The van der Waals surface area contributed by atoms with E-state index in [1.807, 2.05) is 19.9 Å². The third-order valence-corrected chi connectivity index (χ3v) is 4.12. The SMILES string of the molecule is CC(C)CC(NC(Cc1ccc(-c2cccc(Cl)c2)o1)C(=O)O)C(=O)O. The Bertz CT molecular complexity index is 771. The predicted molar refractivity (Wildman–Crippen MR) is 98.3 cm³/mol. The van der Waals surface area contributed by atoms with Gasteiger partial charge < -0.3 is 14.6 Å². The van der Waals surface area contributed by atoms with Gasteiger partial charge in [0.1, 0.15) is 23.6 Å². The number of halogens is 1. The predicted octanol–water partition coefficient (Wildman–Crippen LogP) is 3.68. The normalized spacial score (nSPS) is 13.5. The van der Waals surface area contributed by atoms with Gasteiger partial charge in [0.05, 0.1) is 0 Å². The summed E-state index contributed by atoms with van der Waals surface area (Å²) in [6.07, 6.45) is 0.378. The van der Waals surface area contributed by atoms with Crippen LogP contribution in [0.15, 0.2) is 40.8 Å². The Hall–Kier alpha value is -2.31. The molecule has 0 amide bonds. The first-order valence-corrected chi connectivity index (χ1v) is 8.70. The van der Waals surface area contributed by atoms with Crippen molar-refractivity contribution in [2.24, 2.45) is 5.92 Å². The van der Waals surface area contributed by atoms with Crippen LogP contribution in [0.5, 0.6) is 0 Å². The minimum absolute atomic E-state index is 0.0395. The highest BCUT2D eigenvalue weighted by Gasteiger charge is 2.27. The van der Waals surface area contributed by atoms with Crippen LogP contribution >= 0.6 is 11.6 Å². The lowest BCUT2D eigenvalue weighted by atomic mass is 10.0. The summed E-state index contributed by atoms with van der Waals surface area (Å²) >= 11 is 5.97. The molecule has 1 aromatic heterocycles. The van der Waals surface area contributed by atoms with Gasteiger partial charge in [-0.1, -0.05) is 37.6 Å². The highest BCUT2D eigenvalue weighted by molar-refractivity contribution is 6.30. The van der Waals surface area contributed by atoms with Crippen molar-refractivity contribution in [1.82, 2.24) is 5.32 Å². The van der Waals surface area contributed by atoms with Gasteiger partial charge in [-0.2, -0.15) is 0 Å². The van der Waals surface area contributed by atoms with Crippen LogP contribution in [-0.2, 0) is 16.0 Å². The van der Waals surface area contributed by atoms with Crippen molar-refractivity contribution in [3.63, 3.8) is 0 Å². The number of nitrogens with one attached hydrogen (secondary N) is 1. The van der Waals surface area contributed by atoms with E-state index in [0.717, 1.165) is 5.56 Å². The number of rotatable bonds is 9. The van der Waals surface area contributed by atoms with Gasteiger partial charge in [-0.15, -0.1) is 0 Å². The van der Waals surface area contributed by atoms with Gasteiger partial charge in [-0.25, -0.2) is 0 Å². The van der Waals surface area contributed by atoms with Gasteiger partial charge in [-0.05, 0) is 36.6 Å². The van der Waals surface area contributed by atoms with E-state index in [1.54, 1.807) is 30.3 Å². The Balaban J connectivity index is 2.13. The molecule has 26 heavy (non-hydrogen) atoms. The molecule has 1 aromatic carbocycles. The van der Waals surface area contributed by atoms with E-state index in [0.29, 0.717) is 23.0 Å². The smallest absolute Gasteiger partial charge is 0.321 e. The summed E-state index contributed by atoms with van der Waals surface area (Å²) in [6.45, 7) is 3.77. The first-order chi connectivity index (χ1) is 12.3. The average Bonchev–Trinajstić information content (AvgIpc) is 3.01. The molecule has 7 heteroatoms. The van der Waals surface area contributed by atoms with Crippen molar-refractivity contribution in [2.45, 2.75) is 38.8 Å². The van der Waals surface area contributed by atoms with Gasteiger partial charge in [-0.3, -0.25) is 14.9 Å². The van der Waals surface area contributed by atoms with E-state index in [2.05, 4.69) is 5.32 Å². The molecule has 1 heterocycles. The zero-order valence-electron chi connectivity index (χ0n) is 14.6. The Kier molecular flexibility index (Phi) is 6.83. The van der Waals surface area contributed by atoms with Crippen LogP contribution in [0.1, 0.15) is 26.0 Å². The number of aliphatic carboxylic acids is 2. The van der Waals surface area contributed by atoms with Crippen molar-refractivity contribution in [3.05, 3.63) is 47.2 Å². The van der Waals surface area contributed by atoms with E-state index >= 15 is 0 Å². The summed E-state index contributed by atoms with van der Waals surface area (Å²) in [4.78, 5) is 22.9. The fourth-order valence-electron chi connectivity index (χ4n) is 2.66. The third-order valence-electron chi connectivity index (χ3n) is 3.88. The highest BCUT2D eigenvalue weighted by Crippen LogP contribution is 2.25. The molecule has 0 bridgehead atoms. The molecule has 2 atom stereocenters. The van der Waals surface area contributed by atoms with E-state index in [-0.39, 0.29) is 12.3 Å². The third kappa shape index (κ3) is 5.61. The maximum absolute atomic E-state index is 11.6. The summed E-state index contributed by atoms with van der Waals surface area (Å²) in [6, 6.07) is 8.57. The number of furan rings is 1. The summed E-state index contributed by atoms with van der Waals surface area (Å²) in [7, 11) is 0. The molecular weight excluding hydrogens is 358 g/mol. The van der Waals surface area contributed by atoms with Crippen molar-refractivity contribution < 1.29 is 24.2 Å². The van der Waals surface area contributed by atoms with Crippen molar-refractivity contribution in [3.8, 4) is 11.3 Å². The number of hydrogen-bond donors (Lipinski definition) is 3. The number of hydrogen-bond acceptors (Lipinski definition) is 4. The summed E-state index contributed by atoms with van der Waals surface area (Å²) in [5, 5.41) is 22.0. The number of carbonyl (C=O) groups is 2. The minimum Gasteiger partial charge on any atom is -0.480 e. The topological polar surface area (TPSA) is 99.8 Å². The number of carboxylic acids is 2. The summed E-state index contributed by atoms with van der Waals surface area (Å²) in [5.74, 6) is -1.04. The molecular formula is C19H22ClNO5. The molecule has 0 aliphatic rings. The quantitative estimate of drug-likeness (QED) is 0.614. The molecule has 140 valence electrons. The van der Waals surface area contributed by atoms with Crippen LogP contribution < -0.4 is 5.32 Å². The van der Waals surface area contributed by atoms with Crippen molar-refractivity contribution in [2.75, 3.05) is 0 Å². The second kappa shape index (κ2) is 8.87. The van der Waals surface area contributed by atoms with Crippen LogP contribution in [0, 0.1) is 5.92 Å². The lowest BCUT2D eigenvalue weighted by molar-refractivity contribution is -0.143. The number of carboxylic acid groups (broad SMARTS) is 2. The Morgan fingerprint density at radius 2 is 1.81 bits per heavy atom. The summed E-state index contributed by atoms with van der Waals surface area (Å²) in [5.41, 5.74) is 0.784. The monoisotopic (exact) mass is 379 g/mol. The lowest BCUT2D eigenvalue weighted by Crippen LogP contribution is -2.48. The Labute approximate surface area is 156 Å². The van der Waals surface area contributed by atoms with Gasteiger partial charge in [0.25, 0.3) is 0 Å². The largest absolute Gasteiger partial charge is 0.480 e. The van der Waals surface area contributed by atoms with E-state index < -0.39 is 24.0 Å². The number of benzene rings is 1. The zero-order valence-corrected chi connectivity index (χ0v) is 15.4. The zero-order chi connectivity index (χ0) is 19.3. The molecule has 0 radical (unpaired) electrons. The maximum atomic E-state index is 11.6. The molecule has 6 nitrogen and oxygen atoms in total. The standard InChI is InChI=1S/C19H22ClNO5/c1-11(2)8-15(18(22)23)21-16(19(24)25)10-14-6-7-17(26-14)12-4-3-5-13(20)9-12/h3-7,9,11,15-16,21H,8,10H2,1-2H3,(H,22,23)(H,24,25). The van der Waals surface area contributed by atoms with Crippen LogP contribution in [0.4, 0.5) is 0 Å². The molecule has 0 aliphatic heterocycles. The van der Waals surface area contributed by atoms with Crippen molar-refractivity contribution in [1.29, 1.82) is 0 Å². The van der Waals surface area contributed by atoms with Gasteiger partial charge in [0, 0.05) is 17.0 Å². The molecule has 0 saturated carbocycles. The van der Waals surface area contributed by atoms with Crippen molar-refractivity contribution >= 4 is 23.5 Å². The molecule has 2 unspecified atom stereocenters. The molecule has 2 aromatic rings. The van der Waals surface area contributed by atoms with Gasteiger partial charge in [0.15, 0.2) is 0 Å². The molecule has 0 aliphatic carbocycles. The maximum Gasteiger partial charge on any atom is 0.321 e. The van der Waals surface area contributed by atoms with Crippen LogP contribution in [0.3, 0.4) is 0 Å². The fraction of sp³-hybridized carbons (Fsp3) is 0.368. The second-order valence-electron chi connectivity index (χ2n) is 6.56. The highest BCUT2D eigenvalue weighted by atomic mass is 35.5. The van der Waals surface area contributed by atoms with E-state index in [1.165, 1.54) is 0 Å². The Morgan fingerprint density at radius 3 is 2.38 bits per heavy atom. The lowest BCUT2D eigenvalue weighted by Gasteiger charge is -2.21. The second-order valence-corrected chi connectivity index (χ2v) is 6.99. The Morgan fingerprint density at radius 1 is 1.12 bits per heavy atom. The van der Waals surface area contributed by atoms with Gasteiger partial charge >= 0.3 is 11.9 Å². The molecule has 2 rings (SSSR count). The molecule has 0 spiro atoms. The van der Waals surface area contributed by atoms with Crippen LogP contribution in [0.2, 0.25) is 5.02 Å². The molecule has 0 fully saturated rings. The molecule has 0 saturated heterocycles. The van der Waals surface area contributed by atoms with Gasteiger partial charge in [0.2, 0.25) is 0 Å². The first-order valence-electron chi connectivity index (χ1n) is 8.32. The van der Waals surface area contributed by atoms with Crippen LogP contribution in [0.25, 0.3) is 11.3 Å². The average molecular weight is 380 g/mol. The summed E-state index contributed by atoms with van der Waals surface area (Å²) < 4.78 is 5.72. The molecule has 3 N–H and O–H groups in total. The minimum atomic E-state index is -1.12. The van der Waals surface area contributed by atoms with E-state index in [9.17, 15) is 19.8 Å². The van der Waals surface area contributed by atoms with Crippen LogP contribution in [-0.4, -0.2) is 34.2 Å². The first kappa shape index (κ1) is 20.0.